The Morgan fingerprint density at radius 3 is 2.82 bits per heavy atom. The van der Waals surface area contributed by atoms with E-state index in [1.54, 1.807) is 29.1 Å². The molecule has 0 unspecified atom stereocenters. The summed E-state index contributed by atoms with van der Waals surface area (Å²) in [7, 11) is 0. The highest BCUT2D eigenvalue weighted by Crippen LogP contribution is 2.32. The van der Waals surface area contributed by atoms with Crippen LogP contribution in [-0.2, 0) is 0 Å². The molecule has 2 heterocycles. The van der Waals surface area contributed by atoms with Crippen LogP contribution in [0.5, 0.6) is 11.5 Å². The molecule has 0 amide bonds. The molecule has 0 N–H and O–H groups in total. The topological polar surface area (TPSA) is 48.1 Å². The van der Waals surface area contributed by atoms with E-state index in [1.807, 2.05) is 29.6 Å². The lowest BCUT2D eigenvalue weighted by Gasteiger charge is -2.06. The van der Waals surface area contributed by atoms with E-state index in [1.165, 1.54) is 11.3 Å². The third-order valence-corrected chi connectivity index (χ3v) is 5.37. The van der Waals surface area contributed by atoms with Gasteiger partial charge in [0.05, 0.1) is 23.5 Å². The molecule has 0 saturated heterocycles. The first kappa shape index (κ1) is 18.8. The number of benzene rings is 2. The van der Waals surface area contributed by atoms with Crippen molar-refractivity contribution in [2.75, 3.05) is 13.3 Å². The van der Waals surface area contributed by atoms with Gasteiger partial charge < -0.3 is 9.47 Å². The molecule has 0 bridgehead atoms. The van der Waals surface area contributed by atoms with E-state index in [-0.39, 0.29) is 6.79 Å². The van der Waals surface area contributed by atoms with Gasteiger partial charge >= 0.3 is 0 Å². The Bertz CT molecular complexity index is 1130. The molecular formula is C20H15Cl2N3O2S. The molecule has 142 valence electrons. The zero-order valence-electron chi connectivity index (χ0n) is 14.6. The molecular weight excluding hydrogens is 417 g/mol. The maximum Gasteiger partial charge on any atom is 0.231 e. The van der Waals surface area contributed by atoms with E-state index < -0.39 is 0 Å². The Balaban J connectivity index is 1.77. The average Bonchev–Trinajstić information content (AvgIpc) is 3.31. The van der Waals surface area contributed by atoms with Crippen molar-refractivity contribution in [1.82, 2.24) is 4.68 Å². The van der Waals surface area contributed by atoms with Crippen LogP contribution in [0.3, 0.4) is 0 Å². The predicted molar refractivity (Wildman–Crippen MR) is 114 cm³/mol. The smallest absolute Gasteiger partial charge is 0.231 e. The van der Waals surface area contributed by atoms with Gasteiger partial charge in [-0.2, -0.15) is 5.10 Å². The number of ether oxygens (including phenoxy) is 2. The molecule has 1 aliphatic heterocycles. The SMILES string of the molecule is C=CCN=c1scc(-c2ccc(Cl)cc2Cl)n1N=Cc1ccc2c(c1)OCO2. The molecule has 0 fully saturated rings. The van der Waals surface area contributed by atoms with Crippen LogP contribution in [0.15, 0.2) is 64.5 Å². The number of thiazole rings is 1. The van der Waals surface area contributed by atoms with Crippen LogP contribution in [0.2, 0.25) is 10.0 Å². The molecule has 2 aromatic carbocycles. The van der Waals surface area contributed by atoms with E-state index in [4.69, 9.17) is 32.7 Å². The third-order valence-electron chi connectivity index (χ3n) is 3.97. The molecule has 0 spiro atoms. The first-order chi connectivity index (χ1) is 13.7. The normalized spacial score (nSPS) is 13.4. The van der Waals surface area contributed by atoms with Crippen LogP contribution in [0, 0.1) is 0 Å². The van der Waals surface area contributed by atoms with Crippen molar-refractivity contribution in [3.63, 3.8) is 0 Å². The second-order valence-corrected chi connectivity index (χ2v) is 7.51. The minimum absolute atomic E-state index is 0.235. The molecule has 3 aromatic rings. The molecule has 1 aliphatic rings. The minimum atomic E-state index is 0.235. The van der Waals surface area contributed by atoms with E-state index in [0.717, 1.165) is 27.4 Å². The van der Waals surface area contributed by atoms with Crippen molar-refractivity contribution < 1.29 is 9.47 Å². The van der Waals surface area contributed by atoms with Crippen molar-refractivity contribution in [2.45, 2.75) is 0 Å². The average molecular weight is 432 g/mol. The molecule has 0 atom stereocenters. The third kappa shape index (κ3) is 3.85. The summed E-state index contributed by atoms with van der Waals surface area (Å²) in [5.74, 6) is 1.44. The lowest BCUT2D eigenvalue weighted by atomic mass is 10.2. The standard InChI is InChI=1S/C20H15Cl2N3O2S/c1-2-7-23-20-25(17(11-28-20)15-5-4-14(21)9-16(15)22)24-10-13-3-6-18-19(8-13)27-12-26-18/h2-6,8-11H,1,7,12H2. The lowest BCUT2D eigenvalue weighted by Crippen LogP contribution is -2.12. The summed E-state index contributed by atoms with van der Waals surface area (Å²) in [6, 6.07) is 11.0. The molecule has 5 nitrogen and oxygen atoms in total. The summed E-state index contributed by atoms with van der Waals surface area (Å²) in [4.78, 5) is 5.26. The summed E-state index contributed by atoms with van der Waals surface area (Å²) >= 11 is 13.9. The monoisotopic (exact) mass is 431 g/mol. The van der Waals surface area contributed by atoms with Crippen molar-refractivity contribution in [3.05, 3.63) is 74.8 Å². The zero-order valence-corrected chi connectivity index (χ0v) is 17.0. The first-order valence-corrected chi connectivity index (χ1v) is 10.0. The van der Waals surface area contributed by atoms with Crippen molar-refractivity contribution in [3.8, 4) is 22.8 Å². The number of halogens is 2. The number of aromatic nitrogens is 1. The van der Waals surface area contributed by atoms with E-state index >= 15 is 0 Å². The van der Waals surface area contributed by atoms with Gasteiger partial charge in [0, 0.05) is 16.0 Å². The fraction of sp³-hybridized carbons (Fsp3) is 0.100. The molecule has 0 saturated carbocycles. The van der Waals surface area contributed by atoms with E-state index in [9.17, 15) is 0 Å². The Labute approximate surface area is 175 Å². The number of hydrogen-bond acceptors (Lipinski definition) is 5. The maximum absolute atomic E-state index is 6.41. The fourth-order valence-corrected chi connectivity index (χ4v) is 4.01. The second-order valence-electron chi connectivity index (χ2n) is 5.83. The summed E-state index contributed by atoms with van der Waals surface area (Å²) in [5, 5.41) is 7.74. The highest BCUT2D eigenvalue weighted by Gasteiger charge is 2.14. The van der Waals surface area contributed by atoms with Gasteiger partial charge in [0.25, 0.3) is 0 Å². The van der Waals surface area contributed by atoms with Crippen LogP contribution in [0.4, 0.5) is 0 Å². The largest absolute Gasteiger partial charge is 0.454 e. The van der Waals surface area contributed by atoms with Gasteiger partial charge in [-0.05, 0) is 42.0 Å². The second kappa shape index (κ2) is 8.22. The molecule has 8 heteroatoms. The van der Waals surface area contributed by atoms with Gasteiger partial charge in [-0.25, -0.2) is 4.68 Å². The Morgan fingerprint density at radius 1 is 1.14 bits per heavy atom. The van der Waals surface area contributed by atoms with E-state index in [0.29, 0.717) is 22.3 Å². The van der Waals surface area contributed by atoms with Crippen LogP contribution in [0.1, 0.15) is 5.56 Å². The van der Waals surface area contributed by atoms with Crippen molar-refractivity contribution >= 4 is 40.8 Å². The first-order valence-electron chi connectivity index (χ1n) is 8.37. The summed E-state index contributed by atoms with van der Waals surface area (Å²) in [6.07, 6.45) is 3.48. The van der Waals surface area contributed by atoms with E-state index in [2.05, 4.69) is 16.7 Å². The Hall–Kier alpha value is -2.54. The van der Waals surface area contributed by atoms with Crippen LogP contribution < -0.4 is 14.3 Å². The minimum Gasteiger partial charge on any atom is -0.454 e. The van der Waals surface area contributed by atoms with Crippen LogP contribution in [0.25, 0.3) is 11.3 Å². The van der Waals surface area contributed by atoms with Gasteiger partial charge in [0.2, 0.25) is 11.6 Å². The quantitative estimate of drug-likeness (QED) is 0.410. The van der Waals surface area contributed by atoms with Crippen molar-refractivity contribution in [1.29, 1.82) is 0 Å². The molecule has 28 heavy (non-hydrogen) atoms. The number of nitrogens with zero attached hydrogens (tertiary/aromatic N) is 3. The van der Waals surface area contributed by atoms with Crippen molar-refractivity contribution in [2.24, 2.45) is 10.1 Å². The summed E-state index contributed by atoms with van der Waals surface area (Å²) in [6.45, 7) is 4.45. The Kier molecular flexibility index (Phi) is 5.52. The number of rotatable bonds is 5. The molecule has 0 radical (unpaired) electrons. The maximum atomic E-state index is 6.41. The highest BCUT2D eigenvalue weighted by molar-refractivity contribution is 7.07. The predicted octanol–water partition coefficient (Wildman–Crippen LogP) is 5.22. The lowest BCUT2D eigenvalue weighted by molar-refractivity contribution is 0.174. The van der Waals surface area contributed by atoms with Gasteiger partial charge in [-0.3, -0.25) is 4.99 Å². The van der Waals surface area contributed by atoms with Gasteiger partial charge in [-0.15, -0.1) is 17.9 Å². The zero-order chi connectivity index (χ0) is 19.5. The number of hydrogen-bond donors (Lipinski definition) is 0. The van der Waals surface area contributed by atoms with Gasteiger partial charge in [0.1, 0.15) is 0 Å². The van der Waals surface area contributed by atoms with Gasteiger partial charge in [0.15, 0.2) is 11.5 Å². The highest BCUT2D eigenvalue weighted by atomic mass is 35.5. The van der Waals surface area contributed by atoms with Gasteiger partial charge in [-0.1, -0.05) is 29.3 Å². The molecule has 0 aliphatic carbocycles. The summed E-state index contributed by atoms with van der Waals surface area (Å²) < 4.78 is 12.5. The Morgan fingerprint density at radius 2 is 2.00 bits per heavy atom. The van der Waals surface area contributed by atoms with Crippen LogP contribution in [-0.4, -0.2) is 24.2 Å². The molecule has 1 aromatic heterocycles. The molecule has 4 rings (SSSR count). The summed E-state index contributed by atoms with van der Waals surface area (Å²) in [5.41, 5.74) is 2.53. The fourth-order valence-electron chi connectivity index (χ4n) is 2.66. The number of fused-ring (bicyclic) bond motifs is 1. The van der Waals surface area contributed by atoms with Crippen LogP contribution >= 0.6 is 34.5 Å².